The van der Waals surface area contributed by atoms with Crippen LogP contribution in [0.4, 0.5) is 10.5 Å². The molecule has 3 rings (SSSR count). The zero-order valence-corrected chi connectivity index (χ0v) is 17.8. The molecule has 2 aromatic carbocycles. The number of hydrogen-bond donors (Lipinski definition) is 4. The predicted molar refractivity (Wildman–Crippen MR) is 118 cm³/mol. The minimum absolute atomic E-state index is 0.0814. The van der Waals surface area contributed by atoms with E-state index in [4.69, 9.17) is 11.6 Å². The molecule has 0 saturated carbocycles. The summed E-state index contributed by atoms with van der Waals surface area (Å²) >= 11 is 6.09. The van der Waals surface area contributed by atoms with E-state index >= 15 is 0 Å². The largest absolute Gasteiger partial charge is 0.464 e. The summed E-state index contributed by atoms with van der Waals surface area (Å²) in [5.41, 5.74) is 6.64. The number of carboxylic acid groups (broad SMARTS) is 1. The zero-order valence-electron chi connectivity index (χ0n) is 17.0. The Hall–Kier alpha value is -4.45. The van der Waals surface area contributed by atoms with Crippen LogP contribution >= 0.6 is 11.6 Å². The number of nitro benzene ring substituents is 1. The van der Waals surface area contributed by atoms with Gasteiger partial charge in [-0.05, 0) is 17.7 Å². The number of nitro groups is 1. The third-order valence-corrected chi connectivity index (χ3v) is 4.62. The molecule has 0 saturated heterocycles. The summed E-state index contributed by atoms with van der Waals surface area (Å²) in [6.45, 7) is 1.57. The highest BCUT2D eigenvalue weighted by atomic mass is 35.5. The van der Waals surface area contributed by atoms with Gasteiger partial charge in [0.1, 0.15) is 5.69 Å². The molecule has 4 N–H and O–H groups in total. The molecular formula is C20H17ClN6O6. The fourth-order valence-corrected chi connectivity index (χ4v) is 3.15. The lowest BCUT2D eigenvalue weighted by Crippen LogP contribution is -2.43. The lowest BCUT2D eigenvalue weighted by atomic mass is 9.98. The molecule has 0 spiro atoms. The predicted octanol–water partition coefficient (Wildman–Crippen LogP) is 3.17. The molecule has 0 aliphatic heterocycles. The van der Waals surface area contributed by atoms with E-state index in [1.54, 1.807) is 25.1 Å². The van der Waals surface area contributed by atoms with E-state index in [-0.39, 0.29) is 34.6 Å². The number of carbonyl (C=O) groups excluding carboxylic acids is 2. The molecule has 1 heterocycles. The van der Waals surface area contributed by atoms with Crippen molar-refractivity contribution in [1.29, 1.82) is 0 Å². The van der Waals surface area contributed by atoms with Crippen LogP contribution in [-0.4, -0.2) is 37.8 Å². The van der Waals surface area contributed by atoms with Crippen LogP contribution in [-0.2, 0) is 4.79 Å². The summed E-state index contributed by atoms with van der Waals surface area (Å²) in [7, 11) is 0. The van der Waals surface area contributed by atoms with E-state index < -0.39 is 22.8 Å². The Morgan fingerprint density at radius 3 is 2.45 bits per heavy atom. The molecule has 0 atom stereocenters. The summed E-state index contributed by atoms with van der Waals surface area (Å²) in [6.07, 6.45) is -1.44. The number of benzene rings is 2. The fraction of sp³-hybridized carbons (Fsp3) is 0.100. The molecule has 0 aliphatic carbocycles. The number of aromatic nitrogens is 2. The van der Waals surface area contributed by atoms with Crippen molar-refractivity contribution in [2.75, 3.05) is 5.43 Å². The highest BCUT2D eigenvalue weighted by Crippen LogP contribution is 2.36. The third kappa shape index (κ3) is 5.25. The van der Waals surface area contributed by atoms with Crippen molar-refractivity contribution in [3.8, 4) is 22.4 Å². The average Bonchev–Trinajstić information content (AvgIpc) is 3.15. The second-order valence-corrected chi connectivity index (χ2v) is 7.01. The molecule has 0 radical (unpaired) electrons. The van der Waals surface area contributed by atoms with Gasteiger partial charge >= 0.3 is 6.09 Å². The Kier molecular flexibility index (Phi) is 6.88. The number of carbonyl (C=O) groups is 3. The second-order valence-electron chi connectivity index (χ2n) is 6.57. The van der Waals surface area contributed by atoms with Crippen molar-refractivity contribution < 1.29 is 24.4 Å². The quantitative estimate of drug-likeness (QED) is 0.315. The molecule has 1 aromatic heterocycles. The molecule has 13 heteroatoms. The van der Waals surface area contributed by atoms with Gasteiger partial charge in [0.2, 0.25) is 5.91 Å². The Labute approximate surface area is 191 Å². The molecular weight excluding hydrogens is 456 g/mol. The molecule has 0 bridgehead atoms. The van der Waals surface area contributed by atoms with E-state index in [1.165, 1.54) is 30.3 Å². The van der Waals surface area contributed by atoms with Crippen LogP contribution in [0, 0.1) is 10.1 Å². The van der Waals surface area contributed by atoms with Gasteiger partial charge < -0.3 is 5.11 Å². The highest BCUT2D eigenvalue weighted by molar-refractivity contribution is 6.30. The molecule has 0 unspecified atom stereocenters. The van der Waals surface area contributed by atoms with E-state index in [9.17, 15) is 29.6 Å². The first kappa shape index (κ1) is 23.2. The van der Waals surface area contributed by atoms with Crippen molar-refractivity contribution in [3.63, 3.8) is 0 Å². The average molecular weight is 473 g/mol. The van der Waals surface area contributed by atoms with Gasteiger partial charge in [0.15, 0.2) is 5.69 Å². The van der Waals surface area contributed by atoms with Crippen molar-refractivity contribution in [2.45, 2.75) is 13.3 Å². The van der Waals surface area contributed by atoms with Crippen molar-refractivity contribution in [1.82, 2.24) is 20.7 Å². The molecule has 170 valence electrons. The normalized spacial score (nSPS) is 10.4. The Bertz CT molecular complexity index is 1260. The van der Waals surface area contributed by atoms with Gasteiger partial charge in [-0.1, -0.05) is 42.8 Å². The minimum Gasteiger partial charge on any atom is -0.464 e. The van der Waals surface area contributed by atoms with E-state index in [1.807, 2.05) is 5.43 Å². The number of hydrogen-bond acceptors (Lipinski definition) is 6. The second kappa shape index (κ2) is 9.78. The molecule has 12 nitrogen and oxygen atoms in total. The Morgan fingerprint density at radius 2 is 1.82 bits per heavy atom. The van der Waals surface area contributed by atoms with Gasteiger partial charge in [-0.3, -0.25) is 30.6 Å². The first-order valence-electron chi connectivity index (χ1n) is 9.44. The summed E-state index contributed by atoms with van der Waals surface area (Å²) in [4.78, 5) is 47.4. The maximum atomic E-state index is 13.0. The summed E-state index contributed by atoms with van der Waals surface area (Å²) in [5, 5.41) is 25.1. The van der Waals surface area contributed by atoms with Crippen LogP contribution in [0.3, 0.4) is 0 Å². The number of amides is 3. The third-order valence-electron chi connectivity index (χ3n) is 4.38. The van der Waals surface area contributed by atoms with Crippen LogP contribution in [0.5, 0.6) is 0 Å². The number of rotatable bonds is 6. The van der Waals surface area contributed by atoms with Crippen LogP contribution in [0.15, 0.2) is 48.5 Å². The van der Waals surface area contributed by atoms with E-state index in [0.717, 1.165) is 0 Å². The molecule has 3 amide bonds. The minimum atomic E-state index is -1.52. The number of non-ortho nitro benzene ring substituents is 1. The van der Waals surface area contributed by atoms with Gasteiger partial charge in [0.05, 0.1) is 4.92 Å². The first-order valence-corrected chi connectivity index (χ1v) is 9.82. The Morgan fingerprint density at radius 1 is 1.12 bits per heavy atom. The van der Waals surface area contributed by atoms with Gasteiger partial charge in [0.25, 0.3) is 11.6 Å². The maximum absolute atomic E-state index is 13.0. The number of nitrogens with one attached hydrogen (secondary N) is 3. The van der Waals surface area contributed by atoms with Crippen molar-refractivity contribution in [2.24, 2.45) is 0 Å². The SMILES string of the molecule is CCC(=O)NNC(=O)c1c(-c2cccc([N+](=O)[O-])c2)c(-c2cccc(Cl)c2)nn1NC(=O)O. The molecule has 0 aliphatic rings. The molecule has 3 aromatic rings. The van der Waals surface area contributed by atoms with Crippen molar-refractivity contribution >= 4 is 35.2 Å². The monoisotopic (exact) mass is 472 g/mol. The van der Waals surface area contributed by atoms with Crippen LogP contribution in [0.25, 0.3) is 22.4 Å². The Balaban J connectivity index is 2.29. The van der Waals surface area contributed by atoms with Gasteiger partial charge in [0, 0.05) is 34.7 Å². The standard InChI is InChI=1S/C20H17ClN6O6/c1-2-15(28)22-23-19(29)18-16(11-5-4-8-14(10-11)27(32)33)17(24-26(18)25-20(30)31)12-6-3-7-13(21)9-12/h3-10,25H,2H2,1H3,(H,22,28)(H,23,29)(H,30,31). The van der Waals surface area contributed by atoms with Gasteiger partial charge in [-0.15, -0.1) is 0 Å². The zero-order chi connectivity index (χ0) is 24.1. The maximum Gasteiger partial charge on any atom is 0.425 e. The van der Waals surface area contributed by atoms with Crippen LogP contribution < -0.4 is 16.3 Å². The number of halogens is 1. The summed E-state index contributed by atoms with van der Waals surface area (Å²) in [5.74, 6) is -1.40. The van der Waals surface area contributed by atoms with Crippen molar-refractivity contribution in [3.05, 3.63) is 69.4 Å². The number of nitrogens with zero attached hydrogens (tertiary/aromatic N) is 3. The fourth-order valence-electron chi connectivity index (χ4n) is 2.96. The van der Waals surface area contributed by atoms with E-state index in [2.05, 4.69) is 16.0 Å². The summed E-state index contributed by atoms with van der Waals surface area (Å²) in [6, 6.07) is 11.8. The topological polar surface area (TPSA) is 168 Å². The molecule has 0 fully saturated rings. The number of hydrazine groups is 1. The van der Waals surface area contributed by atoms with Gasteiger partial charge in [-0.25, -0.2) is 10.2 Å². The molecule has 33 heavy (non-hydrogen) atoms. The first-order chi connectivity index (χ1) is 15.7. The summed E-state index contributed by atoms with van der Waals surface area (Å²) < 4.78 is 0. The highest BCUT2D eigenvalue weighted by Gasteiger charge is 2.28. The lowest BCUT2D eigenvalue weighted by molar-refractivity contribution is -0.384. The van der Waals surface area contributed by atoms with Crippen LogP contribution in [0.1, 0.15) is 23.8 Å². The van der Waals surface area contributed by atoms with Crippen LogP contribution in [0.2, 0.25) is 5.02 Å². The van der Waals surface area contributed by atoms with E-state index in [0.29, 0.717) is 15.4 Å². The smallest absolute Gasteiger partial charge is 0.425 e. The van der Waals surface area contributed by atoms with Gasteiger partial charge in [-0.2, -0.15) is 9.89 Å². The lowest BCUT2D eigenvalue weighted by Gasteiger charge is -2.11.